The van der Waals surface area contributed by atoms with E-state index in [4.69, 9.17) is 15.2 Å². The quantitative estimate of drug-likeness (QED) is 0.191. The van der Waals surface area contributed by atoms with Gasteiger partial charge in [-0.15, -0.1) is 35.9 Å². The molecule has 210 valence electrons. The maximum absolute atomic E-state index is 6.00. The van der Waals surface area contributed by atoms with Crippen LogP contribution in [0, 0.1) is 0 Å². The summed E-state index contributed by atoms with van der Waals surface area (Å²) in [4.78, 5) is 2.44. The second kappa shape index (κ2) is 15.1. The summed E-state index contributed by atoms with van der Waals surface area (Å²) in [5, 5.41) is 10.2. The van der Waals surface area contributed by atoms with E-state index in [0.29, 0.717) is 6.04 Å². The van der Waals surface area contributed by atoms with Gasteiger partial charge in [0.2, 0.25) is 0 Å². The van der Waals surface area contributed by atoms with Crippen molar-refractivity contribution in [3.63, 3.8) is 0 Å². The smallest absolute Gasteiger partial charge is 0.151 e. The Kier molecular flexibility index (Phi) is 11.3. The van der Waals surface area contributed by atoms with Crippen molar-refractivity contribution in [1.82, 2.24) is 5.32 Å². The number of rotatable bonds is 5. The number of hydrogen-bond acceptors (Lipinski definition) is 8. The van der Waals surface area contributed by atoms with E-state index in [1.54, 1.807) is 11.8 Å². The molecule has 40 heavy (non-hydrogen) atoms. The van der Waals surface area contributed by atoms with Crippen LogP contribution in [0.25, 0.3) is 0 Å². The molecule has 6 rings (SSSR count). The number of thioether (sulfide) groups is 2. The van der Waals surface area contributed by atoms with E-state index in [2.05, 4.69) is 28.1 Å². The van der Waals surface area contributed by atoms with E-state index in [9.17, 15) is 0 Å². The molecule has 0 amide bonds. The van der Waals surface area contributed by atoms with Gasteiger partial charge in [-0.1, -0.05) is 48.5 Å². The SMILES string of the molecule is CN[C@@H]1CNc2c(Oc3ccccc3)cccc2SC1.Cl.N[C@@H]1CNc2c(Oc3ccccc3)cccc2SC1. The normalized spacial score (nSPS) is 17.4. The van der Waals surface area contributed by atoms with Gasteiger partial charge in [-0.25, -0.2) is 0 Å². The molecule has 4 aromatic rings. The van der Waals surface area contributed by atoms with Crippen molar-refractivity contribution in [2.45, 2.75) is 21.9 Å². The molecule has 4 aromatic carbocycles. The molecule has 2 aliphatic heterocycles. The third kappa shape index (κ3) is 8.02. The van der Waals surface area contributed by atoms with Crippen molar-refractivity contribution in [2.24, 2.45) is 5.73 Å². The molecule has 0 saturated heterocycles. The maximum atomic E-state index is 6.00. The zero-order valence-electron chi connectivity index (χ0n) is 22.3. The first kappa shape index (κ1) is 30.0. The third-order valence-corrected chi connectivity index (χ3v) is 8.75. The third-order valence-electron chi connectivity index (χ3n) is 6.29. The summed E-state index contributed by atoms with van der Waals surface area (Å²) >= 11 is 3.64. The van der Waals surface area contributed by atoms with E-state index >= 15 is 0 Å². The highest BCUT2D eigenvalue weighted by atomic mass is 35.5. The first-order chi connectivity index (χ1) is 19.2. The summed E-state index contributed by atoms with van der Waals surface area (Å²) in [6.07, 6.45) is 0. The fourth-order valence-electron chi connectivity index (χ4n) is 4.16. The van der Waals surface area contributed by atoms with Gasteiger partial charge in [0.05, 0.1) is 11.4 Å². The van der Waals surface area contributed by atoms with E-state index < -0.39 is 0 Å². The van der Waals surface area contributed by atoms with E-state index in [1.165, 1.54) is 9.79 Å². The standard InChI is InChI=1S/C16H18N2OS.C15H16N2OS.ClH/c1-17-12-10-18-16-14(8-5-9-15(16)20-11-12)19-13-6-3-2-4-7-13;16-11-9-17-15-13(7-4-8-14(15)19-10-11)18-12-5-2-1-3-6-12;/h2-9,12,17-18H,10-11H2,1H3;1-8,11,17H,9-10,16H2;1H/t12-;11-;/m11./s1. The molecule has 0 radical (unpaired) electrons. The highest BCUT2D eigenvalue weighted by Crippen LogP contribution is 2.40. The molecule has 0 unspecified atom stereocenters. The Balaban J connectivity index is 0.000000181. The summed E-state index contributed by atoms with van der Waals surface area (Å²) in [7, 11) is 2.00. The molecule has 0 bridgehead atoms. The van der Waals surface area contributed by atoms with Gasteiger partial charge in [0.1, 0.15) is 11.5 Å². The highest BCUT2D eigenvalue weighted by Gasteiger charge is 2.19. The number of fused-ring (bicyclic) bond motifs is 2. The second-order valence-electron chi connectivity index (χ2n) is 9.22. The van der Waals surface area contributed by atoms with Crippen LogP contribution < -0.4 is 31.2 Å². The van der Waals surface area contributed by atoms with Gasteiger partial charge in [-0.3, -0.25) is 0 Å². The maximum Gasteiger partial charge on any atom is 0.151 e. The van der Waals surface area contributed by atoms with Crippen molar-refractivity contribution in [1.29, 1.82) is 0 Å². The van der Waals surface area contributed by atoms with Crippen LogP contribution in [0.4, 0.5) is 11.4 Å². The van der Waals surface area contributed by atoms with Crippen LogP contribution in [0.3, 0.4) is 0 Å². The van der Waals surface area contributed by atoms with Gasteiger partial charge in [-0.05, 0) is 55.6 Å². The minimum absolute atomic E-state index is 0. The first-order valence-electron chi connectivity index (χ1n) is 13.1. The highest BCUT2D eigenvalue weighted by molar-refractivity contribution is 7.99. The molecule has 9 heteroatoms. The fourth-order valence-corrected chi connectivity index (χ4v) is 6.32. The van der Waals surface area contributed by atoms with Crippen molar-refractivity contribution in [3.05, 3.63) is 97.1 Å². The van der Waals surface area contributed by atoms with Crippen LogP contribution in [-0.2, 0) is 0 Å². The lowest BCUT2D eigenvalue weighted by Gasteiger charge is -2.15. The number of likely N-dealkylation sites (N-methyl/N-ethyl adjacent to an activating group) is 1. The van der Waals surface area contributed by atoms with Crippen molar-refractivity contribution in [3.8, 4) is 23.0 Å². The number of para-hydroxylation sites is 4. The van der Waals surface area contributed by atoms with Crippen molar-refractivity contribution < 1.29 is 9.47 Å². The van der Waals surface area contributed by atoms with Crippen LogP contribution in [0.1, 0.15) is 0 Å². The number of halogens is 1. The number of nitrogens with two attached hydrogens (primary N) is 1. The van der Waals surface area contributed by atoms with Crippen LogP contribution in [0.15, 0.2) is 107 Å². The Hall–Kier alpha value is -3.01. The van der Waals surface area contributed by atoms with E-state index in [-0.39, 0.29) is 18.4 Å². The van der Waals surface area contributed by atoms with Gasteiger partial charge in [0.25, 0.3) is 0 Å². The van der Waals surface area contributed by atoms with Crippen molar-refractivity contribution >= 4 is 47.3 Å². The predicted octanol–water partition coefficient (Wildman–Crippen LogP) is 7.33. The lowest BCUT2D eigenvalue weighted by Crippen LogP contribution is -2.33. The Labute approximate surface area is 251 Å². The molecule has 2 aliphatic rings. The number of anilines is 2. The Bertz CT molecular complexity index is 1350. The molecule has 2 heterocycles. The summed E-state index contributed by atoms with van der Waals surface area (Å²) in [5.74, 6) is 5.43. The lowest BCUT2D eigenvalue weighted by atomic mass is 10.2. The summed E-state index contributed by atoms with van der Waals surface area (Å²) in [6, 6.07) is 32.7. The Morgan fingerprint density at radius 3 is 1.70 bits per heavy atom. The average Bonchev–Trinajstić information content (AvgIpc) is 3.31. The molecule has 0 aromatic heterocycles. The minimum Gasteiger partial charge on any atom is -0.455 e. The summed E-state index contributed by atoms with van der Waals surface area (Å²) in [6.45, 7) is 1.68. The first-order valence-corrected chi connectivity index (χ1v) is 15.0. The lowest BCUT2D eigenvalue weighted by molar-refractivity contribution is 0.483. The van der Waals surface area contributed by atoms with Crippen LogP contribution in [0.5, 0.6) is 23.0 Å². The summed E-state index contributed by atoms with van der Waals surface area (Å²) < 4.78 is 12.0. The van der Waals surface area contributed by atoms with E-state index in [1.807, 2.05) is 104 Å². The van der Waals surface area contributed by atoms with Gasteiger partial charge in [0, 0.05) is 46.5 Å². The second-order valence-corrected chi connectivity index (χ2v) is 11.3. The van der Waals surface area contributed by atoms with Gasteiger partial charge in [-0.2, -0.15) is 0 Å². The zero-order chi connectivity index (χ0) is 26.9. The van der Waals surface area contributed by atoms with Gasteiger partial charge in [0.15, 0.2) is 11.5 Å². The molecule has 0 spiro atoms. The molecule has 0 aliphatic carbocycles. The number of ether oxygens (including phenoxy) is 2. The largest absolute Gasteiger partial charge is 0.455 e. The molecule has 5 N–H and O–H groups in total. The minimum atomic E-state index is 0. The van der Waals surface area contributed by atoms with Gasteiger partial charge >= 0.3 is 0 Å². The van der Waals surface area contributed by atoms with Gasteiger partial charge < -0.3 is 31.2 Å². The Morgan fingerprint density at radius 2 is 1.18 bits per heavy atom. The van der Waals surface area contributed by atoms with Crippen LogP contribution in [0.2, 0.25) is 0 Å². The number of nitrogens with one attached hydrogen (secondary N) is 3. The number of hydrogen-bond donors (Lipinski definition) is 4. The molecule has 2 atom stereocenters. The molecule has 0 fully saturated rings. The molecule has 0 saturated carbocycles. The van der Waals surface area contributed by atoms with Crippen LogP contribution >= 0.6 is 35.9 Å². The number of benzene rings is 4. The Morgan fingerprint density at radius 1 is 0.675 bits per heavy atom. The zero-order valence-corrected chi connectivity index (χ0v) is 24.8. The van der Waals surface area contributed by atoms with Crippen LogP contribution in [-0.4, -0.2) is 43.7 Å². The molecule has 6 nitrogen and oxygen atoms in total. The monoisotopic (exact) mass is 594 g/mol. The topological polar surface area (TPSA) is 80.6 Å². The fraction of sp³-hybridized carbons (Fsp3) is 0.226. The summed E-state index contributed by atoms with van der Waals surface area (Å²) in [5.41, 5.74) is 8.13. The molecular formula is C31H35ClN4O2S2. The average molecular weight is 595 g/mol. The molecular weight excluding hydrogens is 560 g/mol. The van der Waals surface area contributed by atoms with E-state index in [0.717, 1.165) is 59.0 Å². The predicted molar refractivity (Wildman–Crippen MR) is 172 cm³/mol. The van der Waals surface area contributed by atoms with Crippen molar-refractivity contribution in [2.75, 3.05) is 42.3 Å².